The second-order valence-corrected chi connectivity index (χ2v) is 3.70. The van der Waals surface area contributed by atoms with Gasteiger partial charge in [-0.1, -0.05) is 12.4 Å². The minimum atomic E-state index is -4.06. The van der Waals surface area contributed by atoms with Crippen LogP contribution in [0, 0.1) is 0 Å². The molecule has 1 aliphatic rings. The van der Waals surface area contributed by atoms with Crippen LogP contribution in [0.2, 0.25) is 0 Å². The fourth-order valence-electron chi connectivity index (χ4n) is 1.31. The molecule has 5 nitrogen and oxygen atoms in total. The molecule has 20 heavy (non-hydrogen) atoms. The van der Waals surface area contributed by atoms with E-state index in [2.05, 4.69) is 4.74 Å². The highest BCUT2D eigenvalue weighted by molar-refractivity contribution is 5.76. The third-order valence-electron chi connectivity index (χ3n) is 2.23. The Morgan fingerprint density at radius 2 is 2.15 bits per heavy atom. The van der Waals surface area contributed by atoms with Crippen LogP contribution < -0.4 is 5.73 Å². The molecule has 0 aromatic heterocycles. The van der Waals surface area contributed by atoms with Crippen molar-refractivity contribution in [3.8, 4) is 11.5 Å². The van der Waals surface area contributed by atoms with Crippen LogP contribution in [-0.2, 0) is 15.9 Å². The summed E-state index contributed by atoms with van der Waals surface area (Å²) in [7, 11) is 0. The molecular weight excluding hydrogens is 258 g/mol. The van der Waals surface area contributed by atoms with Crippen molar-refractivity contribution in [3.63, 3.8) is 0 Å². The lowest BCUT2D eigenvalue weighted by Crippen LogP contribution is -2.37. The summed E-state index contributed by atoms with van der Waals surface area (Å²) in [6.45, 7) is 0. The van der Waals surface area contributed by atoms with E-state index < -0.39 is 73.4 Å². The van der Waals surface area contributed by atoms with Crippen LogP contribution in [0.25, 0.3) is 0 Å². The highest BCUT2D eigenvalue weighted by atomic mass is 16.5. The Morgan fingerprint density at radius 1 is 1.45 bits per heavy atom. The van der Waals surface area contributed by atoms with Crippen molar-refractivity contribution in [3.05, 3.63) is 23.8 Å². The number of esters is 1. The molecule has 1 fully saturated rings. The number of carbonyl (C=O) groups is 1. The van der Waals surface area contributed by atoms with Crippen molar-refractivity contribution in [1.29, 1.82) is 0 Å². The van der Waals surface area contributed by atoms with Crippen LogP contribution in [0.4, 0.5) is 0 Å². The number of hydrogen-bond acceptors (Lipinski definition) is 5. The molecule has 4 N–H and O–H groups in total. The number of aromatic hydroxyl groups is 2. The SMILES string of the molecule is [2H]C([2H])(c1ccc(O)c(O)c1)[C@H](N)C(=O)OC1([2H])C([2H])([2H])C([2H])([2H])C([2H])([2H])C([2H])([2H])C1([2H])[2H]. The average Bonchev–Trinajstić information content (AvgIpc) is 2.67. The zero-order chi connectivity index (χ0) is 26.2. The van der Waals surface area contributed by atoms with Gasteiger partial charge in [0.25, 0.3) is 0 Å². The van der Waals surface area contributed by atoms with Crippen molar-refractivity contribution < 1.29 is 37.6 Å². The first-order valence-corrected chi connectivity index (χ1v) is 5.46. The first kappa shape index (κ1) is 5.22. The van der Waals surface area contributed by atoms with Crippen molar-refractivity contribution in [2.45, 2.75) is 50.4 Å². The van der Waals surface area contributed by atoms with E-state index in [9.17, 15) is 15.0 Å². The van der Waals surface area contributed by atoms with Crippen LogP contribution in [0.15, 0.2) is 18.2 Å². The minimum Gasteiger partial charge on any atom is -0.504 e. The molecule has 1 aromatic rings. The Labute approximate surface area is 136 Å². The molecule has 0 amide bonds. The predicted molar refractivity (Wildman–Crippen MR) is 74.4 cm³/mol. The summed E-state index contributed by atoms with van der Waals surface area (Å²) in [5, 5.41) is 18.9. The number of phenolic OH excluding ortho intramolecular Hbond substituents is 2. The molecule has 1 aliphatic carbocycles. The molecular formula is C15H21NO4. The lowest BCUT2D eigenvalue weighted by atomic mass is 9.97. The van der Waals surface area contributed by atoms with Crippen LogP contribution >= 0.6 is 0 Å². The van der Waals surface area contributed by atoms with Crippen molar-refractivity contribution in [1.82, 2.24) is 0 Å². The van der Waals surface area contributed by atoms with Gasteiger partial charge in [0.05, 0.1) is 1.37 Å². The standard InChI is InChI=1S/C15H21NO4/c16-12(8-10-6-7-13(17)14(18)9-10)15(19)20-11-4-2-1-3-5-11/h6-7,9,11-12,17-18H,1-5,8,16H2/t12-/m0/s1/i1D2,2D2,3D2,4D2,5D2,8D2,11D. The molecule has 1 saturated carbocycles. The highest BCUT2D eigenvalue weighted by Gasteiger charge is 2.22. The first-order chi connectivity index (χ1) is 14.4. The number of nitrogens with two attached hydrogens (primary N) is 1. The maximum Gasteiger partial charge on any atom is 0.323 e. The van der Waals surface area contributed by atoms with Gasteiger partial charge in [-0.05, 0) is 49.6 Å². The summed E-state index contributed by atoms with van der Waals surface area (Å²) >= 11 is 0. The van der Waals surface area contributed by atoms with E-state index >= 15 is 0 Å². The van der Waals surface area contributed by atoms with Gasteiger partial charge >= 0.3 is 5.97 Å². The summed E-state index contributed by atoms with van der Waals surface area (Å²) in [6, 6.07) is 0.0921. The molecule has 0 spiro atoms. The van der Waals surface area contributed by atoms with Crippen LogP contribution in [-0.4, -0.2) is 28.3 Å². The molecule has 1 aromatic carbocycles. The maximum absolute atomic E-state index is 12.7. The van der Waals surface area contributed by atoms with Gasteiger partial charge in [0.15, 0.2) is 11.5 Å². The molecule has 0 saturated heterocycles. The van der Waals surface area contributed by atoms with Crippen molar-refractivity contribution in [2.75, 3.05) is 0 Å². The molecule has 110 valence electrons. The zero-order valence-corrected chi connectivity index (χ0v) is 10.1. The number of ether oxygens (including phenoxy) is 1. The van der Waals surface area contributed by atoms with E-state index in [0.717, 1.165) is 12.1 Å². The smallest absolute Gasteiger partial charge is 0.323 e. The van der Waals surface area contributed by atoms with Gasteiger partial charge in [-0.2, -0.15) is 0 Å². The molecule has 0 unspecified atom stereocenters. The van der Waals surface area contributed by atoms with Gasteiger partial charge in [-0.25, -0.2) is 0 Å². The van der Waals surface area contributed by atoms with E-state index in [0.29, 0.717) is 6.07 Å². The Bertz CT molecular complexity index is 935. The molecule has 0 aliphatic heterocycles. The number of hydrogen-bond donors (Lipinski definition) is 3. The largest absolute Gasteiger partial charge is 0.504 e. The molecule has 0 bridgehead atoms. The fourth-order valence-corrected chi connectivity index (χ4v) is 1.31. The van der Waals surface area contributed by atoms with Gasteiger partial charge < -0.3 is 20.7 Å². The van der Waals surface area contributed by atoms with Crippen molar-refractivity contribution >= 4 is 5.97 Å². The number of benzene rings is 1. The number of carbonyl (C=O) groups excluding carboxylic acids is 1. The lowest BCUT2D eigenvalue weighted by Gasteiger charge is -2.23. The van der Waals surface area contributed by atoms with Crippen LogP contribution in [0.5, 0.6) is 11.5 Å². The number of rotatable bonds is 4. The summed E-state index contributed by atoms with van der Waals surface area (Å²) in [6.07, 6.45) is -26.6. The zero-order valence-electron chi connectivity index (χ0n) is 23.1. The Morgan fingerprint density at radius 3 is 2.80 bits per heavy atom. The minimum absolute atomic E-state index is 0.474. The third-order valence-corrected chi connectivity index (χ3v) is 2.23. The first-order valence-electron chi connectivity index (χ1n) is 12.0. The second kappa shape index (κ2) is 6.61. The molecule has 0 heterocycles. The predicted octanol–water partition coefficient (Wildman–Crippen LogP) is 1.84. The Hall–Kier alpha value is -1.75. The summed E-state index contributed by atoms with van der Waals surface area (Å²) in [5.41, 5.74) is 5.10. The van der Waals surface area contributed by atoms with E-state index in [-0.39, 0.29) is 0 Å². The second-order valence-electron chi connectivity index (χ2n) is 3.70. The Kier molecular flexibility index (Phi) is 1.73. The van der Waals surface area contributed by atoms with Gasteiger partial charge in [-0.3, -0.25) is 4.79 Å². The van der Waals surface area contributed by atoms with Crippen LogP contribution in [0.3, 0.4) is 0 Å². The van der Waals surface area contributed by atoms with E-state index in [1.165, 1.54) is 0 Å². The summed E-state index contributed by atoms with van der Waals surface area (Å²) in [5.74, 6) is -3.38. The molecule has 0 radical (unpaired) electrons. The average molecular weight is 292 g/mol. The molecule has 5 heteroatoms. The van der Waals surface area contributed by atoms with Gasteiger partial charge in [0, 0.05) is 16.4 Å². The van der Waals surface area contributed by atoms with Crippen molar-refractivity contribution in [2.24, 2.45) is 5.73 Å². The van der Waals surface area contributed by atoms with E-state index in [1.54, 1.807) is 0 Å². The summed E-state index contributed by atoms with van der Waals surface area (Å²) < 4.78 is 107. The van der Waals surface area contributed by atoms with E-state index in [1.807, 2.05) is 0 Å². The van der Waals surface area contributed by atoms with Gasteiger partial charge in [-0.15, -0.1) is 0 Å². The topological polar surface area (TPSA) is 92.8 Å². The van der Waals surface area contributed by atoms with Gasteiger partial charge in [0.2, 0.25) is 0 Å². The number of phenols is 2. The summed E-state index contributed by atoms with van der Waals surface area (Å²) in [4.78, 5) is 12.7. The quantitative estimate of drug-likeness (QED) is 0.581. The monoisotopic (exact) mass is 292 g/mol. The fraction of sp³-hybridized carbons (Fsp3) is 0.533. The van der Waals surface area contributed by atoms with Gasteiger partial charge in [0.1, 0.15) is 12.1 Å². The third kappa shape index (κ3) is 3.87. The highest BCUT2D eigenvalue weighted by Crippen LogP contribution is 2.25. The molecule has 1 atom stereocenters. The van der Waals surface area contributed by atoms with Crippen LogP contribution in [0.1, 0.15) is 55.2 Å². The lowest BCUT2D eigenvalue weighted by molar-refractivity contribution is -0.152. The van der Waals surface area contributed by atoms with E-state index in [4.69, 9.17) is 23.6 Å². The normalized spacial score (nSPS) is 42.1. The maximum atomic E-state index is 12.7. The molecule has 2 rings (SSSR count). The Balaban J connectivity index is 2.56.